The van der Waals surface area contributed by atoms with Crippen molar-refractivity contribution < 1.29 is 0 Å². The molecule has 0 saturated carbocycles. The standard InChI is InChI=1S/C4H4N2.C4H5NS/c1-2-4-6-5-3-1;5-4-2-1-3-6-4/h1-4H;1-3H,5H2. The Morgan fingerprint density at radius 3 is 1.92 bits per heavy atom. The number of nitrogen functional groups attached to an aromatic ring is 1. The largest absolute Gasteiger partial charge is 0.391 e. The minimum absolute atomic E-state index is 0.884. The Labute approximate surface area is 74.9 Å². The predicted octanol–water partition coefficient (Wildman–Crippen LogP) is 1.81. The van der Waals surface area contributed by atoms with Crippen LogP contribution in [0.4, 0.5) is 5.00 Å². The molecule has 0 radical (unpaired) electrons. The topological polar surface area (TPSA) is 51.8 Å². The average molecular weight is 179 g/mol. The molecule has 0 aliphatic rings. The van der Waals surface area contributed by atoms with Crippen LogP contribution < -0.4 is 5.73 Å². The third-order valence-electron chi connectivity index (χ3n) is 1.03. The van der Waals surface area contributed by atoms with Gasteiger partial charge in [-0.15, -0.1) is 11.3 Å². The van der Waals surface area contributed by atoms with Crippen LogP contribution in [0.5, 0.6) is 0 Å². The van der Waals surface area contributed by atoms with Crippen molar-refractivity contribution in [2.75, 3.05) is 5.73 Å². The van der Waals surface area contributed by atoms with E-state index < -0.39 is 0 Å². The normalized spacial score (nSPS) is 8.33. The number of anilines is 1. The highest BCUT2D eigenvalue weighted by molar-refractivity contribution is 7.13. The highest BCUT2D eigenvalue weighted by Gasteiger charge is 1.75. The molecule has 0 aliphatic carbocycles. The summed E-state index contributed by atoms with van der Waals surface area (Å²) in [5.41, 5.74) is 5.30. The lowest BCUT2D eigenvalue weighted by Gasteiger charge is -1.69. The summed E-state index contributed by atoms with van der Waals surface area (Å²) < 4.78 is 0. The zero-order valence-electron chi connectivity index (χ0n) is 6.42. The smallest absolute Gasteiger partial charge is 0.0856 e. The number of hydrogen-bond donors (Lipinski definition) is 1. The third kappa shape index (κ3) is 3.68. The lowest BCUT2D eigenvalue weighted by Crippen LogP contribution is -1.72. The first-order chi connectivity index (χ1) is 5.89. The third-order valence-corrected chi connectivity index (χ3v) is 1.73. The maximum Gasteiger partial charge on any atom is 0.0856 e. The van der Waals surface area contributed by atoms with Crippen molar-refractivity contribution in [3.05, 3.63) is 42.0 Å². The maximum absolute atomic E-state index is 5.30. The van der Waals surface area contributed by atoms with Gasteiger partial charge in [0, 0.05) is 12.4 Å². The molecule has 2 aromatic heterocycles. The molecule has 2 rings (SSSR count). The molecule has 12 heavy (non-hydrogen) atoms. The molecule has 0 aliphatic heterocycles. The summed E-state index contributed by atoms with van der Waals surface area (Å²) >= 11 is 1.56. The molecule has 0 aromatic carbocycles. The summed E-state index contributed by atoms with van der Waals surface area (Å²) in [5.74, 6) is 0. The van der Waals surface area contributed by atoms with Crippen LogP contribution in [-0.4, -0.2) is 10.2 Å². The Morgan fingerprint density at radius 1 is 1.08 bits per heavy atom. The number of aromatic nitrogens is 2. The second-order valence-corrected chi connectivity index (χ2v) is 2.91. The van der Waals surface area contributed by atoms with Gasteiger partial charge in [-0.05, 0) is 29.6 Å². The molecule has 2 heterocycles. The van der Waals surface area contributed by atoms with E-state index in [1.807, 2.05) is 29.6 Å². The fraction of sp³-hybridized carbons (Fsp3) is 0. The van der Waals surface area contributed by atoms with Crippen LogP contribution in [0, 0.1) is 0 Å². The second-order valence-electron chi connectivity index (χ2n) is 1.93. The SMILES string of the molecule is Nc1cccs1.c1ccnnc1. The van der Waals surface area contributed by atoms with Crippen LogP contribution in [0.1, 0.15) is 0 Å². The Kier molecular flexibility index (Phi) is 3.80. The highest BCUT2D eigenvalue weighted by atomic mass is 32.1. The Hall–Kier alpha value is -1.42. The summed E-state index contributed by atoms with van der Waals surface area (Å²) in [5, 5.41) is 9.91. The molecular formula is C8H9N3S. The molecular weight excluding hydrogens is 170 g/mol. The molecule has 0 saturated heterocycles. The summed E-state index contributed by atoms with van der Waals surface area (Å²) in [6.45, 7) is 0. The minimum atomic E-state index is 0.884. The molecule has 0 fully saturated rings. The fourth-order valence-electron chi connectivity index (χ4n) is 0.545. The molecule has 62 valence electrons. The highest BCUT2D eigenvalue weighted by Crippen LogP contribution is 2.07. The monoisotopic (exact) mass is 179 g/mol. The van der Waals surface area contributed by atoms with E-state index in [4.69, 9.17) is 5.73 Å². The van der Waals surface area contributed by atoms with Crippen LogP contribution in [-0.2, 0) is 0 Å². The number of thiophene rings is 1. The van der Waals surface area contributed by atoms with Crippen molar-refractivity contribution in [2.45, 2.75) is 0 Å². The molecule has 2 aromatic rings. The zero-order valence-corrected chi connectivity index (χ0v) is 7.24. The van der Waals surface area contributed by atoms with Crippen molar-refractivity contribution in [2.24, 2.45) is 0 Å². The maximum atomic E-state index is 5.30. The van der Waals surface area contributed by atoms with E-state index in [1.165, 1.54) is 0 Å². The van der Waals surface area contributed by atoms with Gasteiger partial charge in [0.25, 0.3) is 0 Å². The summed E-state index contributed by atoms with van der Waals surface area (Å²) in [6.07, 6.45) is 3.28. The van der Waals surface area contributed by atoms with Crippen LogP contribution in [0.3, 0.4) is 0 Å². The number of hydrogen-bond acceptors (Lipinski definition) is 4. The molecule has 0 atom stereocenters. The molecule has 3 nitrogen and oxygen atoms in total. The first-order valence-electron chi connectivity index (χ1n) is 3.40. The van der Waals surface area contributed by atoms with Crippen LogP contribution >= 0.6 is 11.3 Å². The van der Waals surface area contributed by atoms with E-state index in [-0.39, 0.29) is 0 Å². The Bertz CT molecular complexity index is 254. The van der Waals surface area contributed by atoms with Crippen molar-refractivity contribution in [3.8, 4) is 0 Å². The van der Waals surface area contributed by atoms with Crippen molar-refractivity contribution >= 4 is 16.3 Å². The lowest BCUT2D eigenvalue weighted by atomic mass is 10.6. The predicted molar refractivity (Wildman–Crippen MR) is 50.8 cm³/mol. The van der Waals surface area contributed by atoms with E-state index in [2.05, 4.69) is 10.2 Å². The quantitative estimate of drug-likeness (QED) is 0.671. The average Bonchev–Trinajstić information content (AvgIpc) is 2.60. The van der Waals surface area contributed by atoms with Gasteiger partial charge < -0.3 is 5.73 Å². The van der Waals surface area contributed by atoms with Gasteiger partial charge in [-0.3, -0.25) is 0 Å². The first-order valence-corrected chi connectivity index (χ1v) is 4.28. The summed E-state index contributed by atoms with van der Waals surface area (Å²) in [6, 6.07) is 7.46. The minimum Gasteiger partial charge on any atom is -0.391 e. The van der Waals surface area contributed by atoms with Gasteiger partial charge in [0.2, 0.25) is 0 Å². The van der Waals surface area contributed by atoms with Crippen molar-refractivity contribution in [3.63, 3.8) is 0 Å². The Morgan fingerprint density at radius 2 is 1.75 bits per heavy atom. The second kappa shape index (κ2) is 5.26. The number of rotatable bonds is 0. The first kappa shape index (κ1) is 8.67. The van der Waals surface area contributed by atoms with E-state index in [9.17, 15) is 0 Å². The van der Waals surface area contributed by atoms with Gasteiger partial charge in [-0.1, -0.05) is 0 Å². The van der Waals surface area contributed by atoms with E-state index in [1.54, 1.807) is 23.7 Å². The van der Waals surface area contributed by atoms with E-state index in [0.717, 1.165) is 5.00 Å². The van der Waals surface area contributed by atoms with Crippen molar-refractivity contribution in [1.29, 1.82) is 0 Å². The van der Waals surface area contributed by atoms with Gasteiger partial charge in [-0.2, -0.15) is 10.2 Å². The zero-order chi connectivity index (χ0) is 8.65. The van der Waals surface area contributed by atoms with E-state index >= 15 is 0 Å². The number of nitrogens with zero attached hydrogens (tertiary/aromatic N) is 2. The van der Waals surface area contributed by atoms with Gasteiger partial charge in [-0.25, -0.2) is 0 Å². The summed E-state index contributed by atoms with van der Waals surface area (Å²) in [7, 11) is 0. The Balaban J connectivity index is 0.000000120. The molecule has 0 amide bonds. The lowest BCUT2D eigenvalue weighted by molar-refractivity contribution is 1.03. The van der Waals surface area contributed by atoms with Gasteiger partial charge >= 0.3 is 0 Å². The molecule has 0 unspecified atom stereocenters. The van der Waals surface area contributed by atoms with Crippen LogP contribution in [0.15, 0.2) is 42.0 Å². The molecule has 4 heteroatoms. The van der Waals surface area contributed by atoms with Crippen molar-refractivity contribution in [1.82, 2.24) is 10.2 Å². The van der Waals surface area contributed by atoms with Gasteiger partial charge in [0.1, 0.15) is 0 Å². The number of nitrogens with two attached hydrogens (primary N) is 1. The van der Waals surface area contributed by atoms with Gasteiger partial charge in [0.15, 0.2) is 0 Å². The van der Waals surface area contributed by atoms with Gasteiger partial charge in [0.05, 0.1) is 5.00 Å². The molecule has 0 spiro atoms. The van der Waals surface area contributed by atoms with E-state index in [0.29, 0.717) is 0 Å². The van der Waals surface area contributed by atoms with Crippen LogP contribution in [0.2, 0.25) is 0 Å². The summed E-state index contributed by atoms with van der Waals surface area (Å²) in [4.78, 5) is 0. The van der Waals surface area contributed by atoms with Crippen LogP contribution in [0.25, 0.3) is 0 Å². The molecule has 0 bridgehead atoms. The fourth-order valence-corrected chi connectivity index (χ4v) is 1.02. The molecule has 2 N–H and O–H groups in total.